The van der Waals surface area contributed by atoms with Crippen molar-refractivity contribution in [1.29, 1.82) is 0 Å². The molecule has 0 amide bonds. The van der Waals surface area contributed by atoms with Crippen molar-refractivity contribution in [3.8, 4) is 0 Å². The summed E-state index contributed by atoms with van der Waals surface area (Å²) in [6, 6.07) is 11.0. The highest BCUT2D eigenvalue weighted by Gasteiger charge is 2.31. The quantitative estimate of drug-likeness (QED) is 0.797. The summed E-state index contributed by atoms with van der Waals surface area (Å²) in [5.41, 5.74) is -0.273. The van der Waals surface area contributed by atoms with Crippen molar-refractivity contribution in [2.24, 2.45) is 0 Å². The van der Waals surface area contributed by atoms with Gasteiger partial charge in [0.1, 0.15) is 11.4 Å². The van der Waals surface area contributed by atoms with Crippen LogP contribution in [0.1, 0.15) is 11.1 Å². The highest BCUT2D eigenvalue weighted by molar-refractivity contribution is 6.32. The maximum Gasteiger partial charge on any atom is 0.124 e. The normalized spacial score (nSPS) is 14.1. The second-order valence-electron chi connectivity index (χ2n) is 4.56. The molecule has 1 N–H and O–H groups in total. The summed E-state index contributed by atoms with van der Waals surface area (Å²) in [5.74, 6) is -0.544. The minimum absolute atomic E-state index is 0.0798. The molecule has 2 aromatic carbocycles. The molecule has 0 spiro atoms. The van der Waals surface area contributed by atoms with Gasteiger partial charge >= 0.3 is 0 Å². The van der Waals surface area contributed by atoms with Crippen LogP contribution in [-0.2, 0) is 12.0 Å². The van der Waals surface area contributed by atoms with Crippen LogP contribution in [0.3, 0.4) is 0 Å². The van der Waals surface area contributed by atoms with Crippen molar-refractivity contribution >= 4 is 34.8 Å². The molecule has 106 valence electrons. The van der Waals surface area contributed by atoms with Crippen molar-refractivity contribution in [1.82, 2.24) is 0 Å². The minimum Gasteiger partial charge on any atom is -0.384 e. The van der Waals surface area contributed by atoms with E-state index in [9.17, 15) is 9.50 Å². The minimum atomic E-state index is -1.41. The molecular formula is C15H12Cl3FO. The van der Waals surface area contributed by atoms with E-state index < -0.39 is 11.4 Å². The predicted molar refractivity (Wildman–Crippen MR) is 81.2 cm³/mol. The van der Waals surface area contributed by atoms with Gasteiger partial charge in [0.25, 0.3) is 0 Å². The van der Waals surface area contributed by atoms with Gasteiger partial charge in [0.15, 0.2) is 0 Å². The molecule has 0 radical (unpaired) electrons. The molecule has 0 aliphatic rings. The third-order valence-electron chi connectivity index (χ3n) is 3.09. The van der Waals surface area contributed by atoms with E-state index in [4.69, 9.17) is 34.8 Å². The fraction of sp³-hybridized carbons (Fsp3) is 0.200. The van der Waals surface area contributed by atoms with Crippen LogP contribution in [0.15, 0.2) is 42.5 Å². The fourth-order valence-electron chi connectivity index (χ4n) is 2.04. The van der Waals surface area contributed by atoms with Crippen LogP contribution in [0.5, 0.6) is 0 Å². The maximum atomic E-state index is 13.1. The average Bonchev–Trinajstić information content (AvgIpc) is 2.41. The van der Waals surface area contributed by atoms with Crippen LogP contribution in [-0.4, -0.2) is 11.0 Å². The molecule has 0 aliphatic heterocycles. The van der Waals surface area contributed by atoms with E-state index in [1.807, 2.05) is 6.07 Å². The highest BCUT2D eigenvalue weighted by atomic mass is 35.5. The molecule has 0 aliphatic carbocycles. The molecule has 2 rings (SSSR count). The lowest BCUT2D eigenvalue weighted by Gasteiger charge is -2.28. The van der Waals surface area contributed by atoms with Crippen molar-refractivity contribution in [2.45, 2.75) is 12.0 Å². The van der Waals surface area contributed by atoms with E-state index in [1.54, 1.807) is 18.2 Å². The van der Waals surface area contributed by atoms with Crippen molar-refractivity contribution in [3.05, 3.63) is 69.5 Å². The summed E-state index contributed by atoms with van der Waals surface area (Å²) in [6.45, 7) is 0. The molecule has 0 bridgehead atoms. The van der Waals surface area contributed by atoms with Crippen LogP contribution in [0.25, 0.3) is 0 Å². The molecule has 0 saturated carbocycles. The largest absolute Gasteiger partial charge is 0.384 e. The van der Waals surface area contributed by atoms with Gasteiger partial charge in [-0.05, 0) is 23.8 Å². The van der Waals surface area contributed by atoms with Crippen LogP contribution in [0, 0.1) is 5.82 Å². The molecule has 1 atom stereocenters. The predicted octanol–water partition coefficient (Wildman–Crippen LogP) is 4.80. The number of alkyl halides is 1. The third-order valence-corrected chi connectivity index (χ3v) is 4.22. The van der Waals surface area contributed by atoms with Crippen LogP contribution in [0.2, 0.25) is 10.0 Å². The zero-order valence-electron chi connectivity index (χ0n) is 10.4. The standard InChI is InChI=1S/C15H12Cl3FO/c16-9-15(20,8-10-3-1-2-4-13(10)17)12-6-5-11(19)7-14(12)18/h1-7,20H,8-9H2. The van der Waals surface area contributed by atoms with E-state index >= 15 is 0 Å². The van der Waals surface area contributed by atoms with E-state index in [0.717, 1.165) is 11.6 Å². The Bertz CT molecular complexity index is 618. The Balaban J connectivity index is 2.41. The molecule has 1 unspecified atom stereocenters. The first-order chi connectivity index (χ1) is 9.46. The van der Waals surface area contributed by atoms with E-state index in [2.05, 4.69) is 0 Å². The molecular weight excluding hydrogens is 322 g/mol. The van der Waals surface area contributed by atoms with E-state index in [0.29, 0.717) is 10.6 Å². The Morgan fingerprint density at radius 1 is 1.05 bits per heavy atom. The number of hydrogen-bond donors (Lipinski definition) is 1. The van der Waals surface area contributed by atoms with Crippen molar-refractivity contribution in [3.63, 3.8) is 0 Å². The summed E-state index contributed by atoms with van der Waals surface area (Å²) in [7, 11) is 0. The smallest absolute Gasteiger partial charge is 0.124 e. The van der Waals surface area contributed by atoms with E-state index in [-0.39, 0.29) is 17.3 Å². The maximum absolute atomic E-state index is 13.1. The molecule has 0 aromatic heterocycles. The first kappa shape index (κ1) is 15.6. The Hall–Kier alpha value is -0.800. The molecule has 0 fully saturated rings. The number of rotatable bonds is 4. The third kappa shape index (κ3) is 3.26. The van der Waals surface area contributed by atoms with Gasteiger partial charge in [0.05, 0.1) is 5.88 Å². The second-order valence-corrected chi connectivity index (χ2v) is 5.64. The van der Waals surface area contributed by atoms with Gasteiger partial charge < -0.3 is 5.11 Å². The monoisotopic (exact) mass is 332 g/mol. The van der Waals surface area contributed by atoms with Crippen molar-refractivity contribution < 1.29 is 9.50 Å². The topological polar surface area (TPSA) is 20.2 Å². The lowest BCUT2D eigenvalue weighted by molar-refractivity contribution is 0.0615. The average molecular weight is 334 g/mol. The molecule has 1 nitrogen and oxygen atoms in total. The van der Waals surface area contributed by atoms with Gasteiger partial charge in [-0.1, -0.05) is 47.5 Å². The van der Waals surface area contributed by atoms with Gasteiger partial charge in [0.2, 0.25) is 0 Å². The summed E-state index contributed by atoms with van der Waals surface area (Å²) in [6.07, 6.45) is 0.196. The molecule has 0 saturated heterocycles. The molecule has 5 heteroatoms. The Morgan fingerprint density at radius 2 is 1.75 bits per heavy atom. The number of benzene rings is 2. The number of halogens is 4. The Morgan fingerprint density at radius 3 is 2.35 bits per heavy atom. The number of aliphatic hydroxyl groups is 1. The SMILES string of the molecule is OC(CCl)(Cc1ccccc1Cl)c1ccc(F)cc1Cl. The van der Waals surface area contributed by atoms with Crippen LogP contribution in [0.4, 0.5) is 4.39 Å². The first-order valence-electron chi connectivity index (χ1n) is 5.93. The summed E-state index contributed by atoms with van der Waals surface area (Å²) in [4.78, 5) is 0. The lowest BCUT2D eigenvalue weighted by atomic mass is 9.88. The number of hydrogen-bond acceptors (Lipinski definition) is 1. The summed E-state index contributed by atoms with van der Waals surface area (Å²) < 4.78 is 13.1. The molecule has 0 heterocycles. The van der Waals surface area contributed by atoms with Gasteiger partial charge in [0, 0.05) is 22.0 Å². The van der Waals surface area contributed by atoms with Gasteiger partial charge in [-0.25, -0.2) is 4.39 Å². The second kappa shape index (κ2) is 6.31. The molecule has 2 aromatic rings. The Labute approximate surface area is 131 Å². The first-order valence-corrected chi connectivity index (χ1v) is 7.22. The Kier molecular flexibility index (Phi) is 4.92. The zero-order valence-corrected chi connectivity index (χ0v) is 12.7. The van der Waals surface area contributed by atoms with Gasteiger partial charge in [-0.3, -0.25) is 0 Å². The molecule has 20 heavy (non-hydrogen) atoms. The zero-order chi connectivity index (χ0) is 14.8. The summed E-state index contributed by atoms with van der Waals surface area (Å²) in [5, 5.41) is 11.4. The summed E-state index contributed by atoms with van der Waals surface area (Å²) >= 11 is 18.0. The van der Waals surface area contributed by atoms with Gasteiger partial charge in [-0.2, -0.15) is 0 Å². The van der Waals surface area contributed by atoms with Crippen LogP contribution < -0.4 is 0 Å². The van der Waals surface area contributed by atoms with Gasteiger partial charge in [-0.15, -0.1) is 11.6 Å². The van der Waals surface area contributed by atoms with Crippen LogP contribution >= 0.6 is 34.8 Å². The van der Waals surface area contributed by atoms with Crippen molar-refractivity contribution in [2.75, 3.05) is 5.88 Å². The van der Waals surface area contributed by atoms with E-state index in [1.165, 1.54) is 12.1 Å². The lowest BCUT2D eigenvalue weighted by Crippen LogP contribution is -2.31. The fourth-order valence-corrected chi connectivity index (χ4v) is 2.82. The highest BCUT2D eigenvalue weighted by Crippen LogP contribution is 2.34.